The van der Waals surface area contributed by atoms with Gasteiger partial charge in [-0.3, -0.25) is 0 Å². The van der Waals surface area contributed by atoms with Crippen molar-refractivity contribution in [3.05, 3.63) is 29.8 Å². The van der Waals surface area contributed by atoms with Crippen LogP contribution in [0.4, 0.5) is 13.2 Å². The lowest BCUT2D eigenvalue weighted by Crippen LogP contribution is -2.32. The lowest BCUT2D eigenvalue weighted by atomic mass is 9.80. The second kappa shape index (κ2) is 10.2. The highest BCUT2D eigenvalue weighted by Gasteiger charge is 2.39. The van der Waals surface area contributed by atoms with Crippen LogP contribution in [0.25, 0.3) is 0 Å². The van der Waals surface area contributed by atoms with Crippen LogP contribution in [-0.2, 0) is 11.2 Å². The van der Waals surface area contributed by atoms with Crippen LogP contribution in [0.15, 0.2) is 24.3 Å². The molecule has 0 spiro atoms. The van der Waals surface area contributed by atoms with Crippen molar-refractivity contribution in [3.8, 4) is 5.75 Å². The minimum Gasteiger partial charge on any atom is -0.493 e. The quantitative estimate of drug-likeness (QED) is 0.515. The molecule has 148 valence electrons. The van der Waals surface area contributed by atoms with E-state index in [2.05, 4.69) is 11.7 Å². The molecule has 2 rings (SSSR count). The van der Waals surface area contributed by atoms with Crippen molar-refractivity contribution in [1.82, 2.24) is 0 Å². The molecule has 1 saturated carbocycles. The maximum Gasteiger partial charge on any atom is 0.414 e. The van der Waals surface area contributed by atoms with E-state index in [1.54, 1.807) is 24.3 Å². The normalized spacial score (nSPS) is 22.2. The highest BCUT2D eigenvalue weighted by Crippen LogP contribution is 2.32. The molecule has 0 radical (unpaired) electrons. The number of ether oxygens (including phenoxy) is 2. The van der Waals surface area contributed by atoms with Gasteiger partial charge in [0, 0.05) is 13.5 Å². The molecule has 1 fully saturated rings. The van der Waals surface area contributed by atoms with Gasteiger partial charge in [0.2, 0.25) is 0 Å². The number of unbranched alkanes of at least 4 members (excludes halogenated alkanes) is 1. The van der Waals surface area contributed by atoms with Crippen molar-refractivity contribution in [1.29, 1.82) is 0 Å². The van der Waals surface area contributed by atoms with Gasteiger partial charge in [0.1, 0.15) is 5.75 Å². The van der Waals surface area contributed by atoms with Gasteiger partial charge in [-0.1, -0.05) is 51.2 Å². The lowest BCUT2D eigenvalue weighted by Gasteiger charge is -2.28. The smallest absolute Gasteiger partial charge is 0.414 e. The minimum atomic E-state index is -4.35. The SMILES string of the molecule is CCCCC1CCC(COc2ccc(CC(OC)C(F)(F)F)cc2)CC1. The molecule has 0 heterocycles. The van der Waals surface area contributed by atoms with Gasteiger partial charge in [-0.05, 0) is 42.4 Å². The Morgan fingerprint density at radius 3 is 2.19 bits per heavy atom. The average Bonchev–Trinajstić information content (AvgIpc) is 2.63. The van der Waals surface area contributed by atoms with Gasteiger partial charge < -0.3 is 9.47 Å². The summed E-state index contributed by atoms with van der Waals surface area (Å²) in [7, 11) is 1.09. The first-order valence-corrected chi connectivity index (χ1v) is 9.73. The first-order chi connectivity index (χ1) is 12.4. The van der Waals surface area contributed by atoms with Gasteiger partial charge in [0.05, 0.1) is 6.61 Å². The van der Waals surface area contributed by atoms with Crippen LogP contribution in [0, 0.1) is 11.8 Å². The molecule has 1 aliphatic carbocycles. The van der Waals surface area contributed by atoms with Crippen LogP contribution >= 0.6 is 0 Å². The molecule has 0 aliphatic heterocycles. The van der Waals surface area contributed by atoms with E-state index in [4.69, 9.17) is 4.74 Å². The third-order valence-corrected chi connectivity index (χ3v) is 5.41. The van der Waals surface area contributed by atoms with Gasteiger partial charge in [-0.2, -0.15) is 13.2 Å². The number of methoxy groups -OCH3 is 1. The van der Waals surface area contributed by atoms with Crippen LogP contribution in [0.1, 0.15) is 57.4 Å². The second-order valence-electron chi connectivity index (χ2n) is 7.45. The third kappa shape index (κ3) is 6.82. The summed E-state index contributed by atoms with van der Waals surface area (Å²) in [6.45, 7) is 2.94. The van der Waals surface area contributed by atoms with Gasteiger partial charge in [0.25, 0.3) is 0 Å². The Balaban J connectivity index is 1.74. The monoisotopic (exact) mass is 372 g/mol. The Morgan fingerprint density at radius 1 is 1.04 bits per heavy atom. The van der Waals surface area contributed by atoms with Crippen LogP contribution in [-0.4, -0.2) is 26.0 Å². The predicted molar refractivity (Wildman–Crippen MR) is 97.5 cm³/mol. The molecule has 0 bridgehead atoms. The van der Waals surface area contributed by atoms with Gasteiger partial charge >= 0.3 is 6.18 Å². The first kappa shape index (κ1) is 21.1. The van der Waals surface area contributed by atoms with Gasteiger partial charge in [-0.25, -0.2) is 0 Å². The summed E-state index contributed by atoms with van der Waals surface area (Å²) in [5.41, 5.74) is 0.595. The number of alkyl halides is 3. The number of hydrogen-bond donors (Lipinski definition) is 0. The zero-order chi connectivity index (χ0) is 19.0. The lowest BCUT2D eigenvalue weighted by molar-refractivity contribution is -0.212. The fraction of sp³-hybridized carbons (Fsp3) is 0.714. The largest absolute Gasteiger partial charge is 0.493 e. The Labute approximate surface area is 155 Å². The van der Waals surface area contributed by atoms with E-state index in [1.165, 1.54) is 44.9 Å². The topological polar surface area (TPSA) is 18.5 Å². The fourth-order valence-electron chi connectivity index (χ4n) is 3.66. The van der Waals surface area contributed by atoms with E-state index in [-0.39, 0.29) is 6.42 Å². The molecule has 1 aliphatic rings. The summed E-state index contributed by atoms with van der Waals surface area (Å²) >= 11 is 0. The van der Waals surface area contributed by atoms with Crippen molar-refractivity contribution in [2.24, 2.45) is 11.8 Å². The third-order valence-electron chi connectivity index (χ3n) is 5.41. The minimum absolute atomic E-state index is 0.179. The van der Waals surface area contributed by atoms with Gasteiger partial charge in [0.15, 0.2) is 6.10 Å². The highest BCUT2D eigenvalue weighted by atomic mass is 19.4. The molecular formula is C21H31F3O2. The molecule has 2 nitrogen and oxygen atoms in total. The molecule has 5 heteroatoms. The number of benzene rings is 1. The van der Waals surface area contributed by atoms with Crippen molar-refractivity contribution in [3.63, 3.8) is 0 Å². The van der Waals surface area contributed by atoms with Crippen molar-refractivity contribution >= 4 is 0 Å². The van der Waals surface area contributed by atoms with Crippen molar-refractivity contribution in [2.75, 3.05) is 13.7 Å². The van der Waals surface area contributed by atoms with Crippen molar-refractivity contribution < 1.29 is 22.6 Å². The summed E-state index contributed by atoms with van der Waals surface area (Å²) in [5, 5.41) is 0. The van der Waals surface area contributed by atoms with E-state index in [9.17, 15) is 13.2 Å². The number of rotatable bonds is 9. The molecule has 1 aromatic carbocycles. The van der Waals surface area contributed by atoms with Gasteiger partial charge in [-0.15, -0.1) is 0 Å². The summed E-state index contributed by atoms with van der Waals surface area (Å²) < 4.78 is 48.7. The highest BCUT2D eigenvalue weighted by molar-refractivity contribution is 5.27. The Hall–Kier alpha value is -1.23. The maximum atomic E-state index is 12.8. The summed E-state index contributed by atoms with van der Waals surface area (Å²) in [6.07, 6.45) is 2.68. The predicted octanol–water partition coefficient (Wildman–Crippen LogP) is 6.18. The number of hydrogen-bond acceptors (Lipinski definition) is 2. The van der Waals surface area contributed by atoms with Crippen molar-refractivity contribution in [2.45, 2.75) is 70.6 Å². The molecule has 0 aromatic heterocycles. The van der Waals surface area contributed by atoms with E-state index in [0.717, 1.165) is 18.8 Å². The Morgan fingerprint density at radius 2 is 1.65 bits per heavy atom. The number of halogens is 3. The second-order valence-corrected chi connectivity index (χ2v) is 7.45. The first-order valence-electron chi connectivity index (χ1n) is 9.73. The summed E-state index contributed by atoms with van der Waals surface area (Å²) in [6, 6.07) is 6.89. The molecule has 26 heavy (non-hydrogen) atoms. The zero-order valence-electron chi connectivity index (χ0n) is 15.9. The molecule has 1 atom stereocenters. The van der Waals surface area contributed by atoms with Crippen LogP contribution in [0.2, 0.25) is 0 Å². The van der Waals surface area contributed by atoms with E-state index in [1.807, 2.05) is 0 Å². The van der Waals surface area contributed by atoms with Crippen LogP contribution in [0.5, 0.6) is 5.75 Å². The van der Waals surface area contributed by atoms with Crippen LogP contribution < -0.4 is 4.74 Å². The maximum absolute atomic E-state index is 12.8. The Kier molecular flexibility index (Phi) is 8.26. The van der Waals surface area contributed by atoms with E-state index >= 15 is 0 Å². The summed E-state index contributed by atoms with van der Waals surface area (Å²) in [5.74, 6) is 2.20. The van der Waals surface area contributed by atoms with E-state index in [0.29, 0.717) is 18.1 Å². The molecule has 0 saturated heterocycles. The molecule has 1 aromatic rings. The van der Waals surface area contributed by atoms with Crippen LogP contribution in [0.3, 0.4) is 0 Å². The Bertz CT molecular complexity index is 505. The average molecular weight is 372 g/mol. The molecule has 0 amide bonds. The molecular weight excluding hydrogens is 341 g/mol. The summed E-state index contributed by atoms with van der Waals surface area (Å²) in [4.78, 5) is 0. The fourth-order valence-corrected chi connectivity index (χ4v) is 3.66. The standard InChI is InChI=1S/C21H31F3O2/c1-3-4-5-16-6-8-18(9-7-16)15-26-19-12-10-17(11-13-19)14-20(25-2)21(22,23)24/h10-13,16,18,20H,3-9,14-15H2,1-2H3. The molecule has 1 unspecified atom stereocenters. The molecule has 0 N–H and O–H groups in total. The zero-order valence-corrected chi connectivity index (χ0v) is 15.9. The van der Waals surface area contributed by atoms with E-state index < -0.39 is 12.3 Å².